The molecule has 3 N–H and O–H groups in total. The van der Waals surface area contributed by atoms with Crippen molar-refractivity contribution in [1.82, 2.24) is 10.6 Å². The van der Waals surface area contributed by atoms with Crippen molar-refractivity contribution < 1.29 is 14.7 Å². The zero-order valence-corrected chi connectivity index (χ0v) is 11.8. The zero-order valence-electron chi connectivity index (χ0n) is 11.8. The number of carbonyl (C=O) groups excluding carboxylic acids is 1. The molecule has 0 aromatic heterocycles. The van der Waals surface area contributed by atoms with Gasteiger partial charge in [0.2, 0.25) is 0 Å². The molecule has 0 spiro atoms. The monoisotopic (exact) mass is 288 g/mol. The van der Waals surface area contributed by atoms with Gasteiger partial charge in [0.1, 0.15) is 0 Å². The fourth-order valence-corrected chi connectivity index (χ4v) is 3.64. The summed E-state index contributed by atoms with van der Waals surface area (Å²) in [5, 5.41) is 14.8. The largest absolute Gasteiger partial charge is 0.478 e. The maximum atomic E-state index is 11.9. The molecule has 1 aromatic rings. The maximum absolute atomic E-state index is 11.9. The number of carboxylic acids is 1. The minimum atomic E-state index is -0.955. The average Bonchev–Trinajstić information content (AvgIpc) is 3.08. The highest BCUT2D eigenvalue weighted by molar-refractivity contribution is 5.87. The molecule has 1 aromatic carbocycles. The van der Waals surface area contributed by atoms with E-state index in [0.717, 1.165) is 17.9 Å². The highest BCUT2D eigenvalue weighted by Gasteiger charge is 2.40. The third kappa shape index (κ3) is 3.17. The van der Waals surface area contributed by atoms with E-state index in [1.165, 1.54) is 19.3 Å². The Kier molecular flexibility index (Phi) is 3.82. The lowest BCUT2D eigenvalue weighted by molar-refractivity contribution is 0.0696. The summed E-state index contributed by atoms with van der Waals surface area (Å²) >= 11 is 0. The summed E-state index contributed by atoms with van der Waals surface area (Å²) in [6, 6.07) is 6.78. The van der Waals surface area contributed by atoms with Crippen LogP contribution in [0.4, 0.5) is 4.79 Å². The Bertz CT molecular complexity index is 558. The number of fused-ring (bicyclic) bond motifs is 2. The Morgan fingerprint density at radius 2 is 2.10 bits per heavy atom. The van der Waals surface area contributed by atoms with Crippen molar-refractivity contribution in [2.75, 3.05) is 0 Å². The quantitative estimate of drug-likeness (QED) is 0.796. The summed E-state index contributed by atoms with van der Waals surface area (Å²) in [5.74, 6) is 0.493. The van der Waals surface area contributed by atoms with E-state index in [4.69, 9.17) is 5.11 Å². The van der Waals surface area contributed by atoms with Crippen LogP contribution < -0.4 is 10.6 Å². The van der Waals surface area contributed by atoms with Crippen LogP contribution in [0.25, 0.3) is 0 Å². The Morgan fingerprint density at radius 3 is 2.76 bits per heavy atom. The van der Waals surface area contributed by atoms with Gasteiger partial charge in [0.25, 0.3) is 0 Å². The van der Waals surface area contributed by atoms with Crippen LogP contribution in [0.1, 0.15) is 41.6 Å². The zero-order chi connectivity index (χ0) is 14.8. The van der Waals surface area contributed by atoms with Crippen molar-refractivity contribution in [3.63, 3.8) is 0 Å². The third-order valence-electron chi connectivity index (χ3n) is 4.68. The van der Waals surface area contributed by atoms with Gasteiger partial charge in [-0.15, -0.1) is 0 Å². The maximum Gasteiger partial charge on any atom is 0.335 e. The van der Waals surface area contributed by atoms with Crippen LogP contribution in [0, 0.1) is 11.8 Å². The highest BCUT2D eigenvalue weighted by atomic mass is 16.4. The molecule has 2 bridgehead atoms. The fourth-order valence-electron chi connectivity index (χ4n) is 3.64. The number of amides is 2. The number of nitrogens with one attached hydrogen (secondary N) is 2. The second-order valence-corrected chi connectivity index (χ2v) is 6.11. The van der Waals surface area contributed by atoms with Gasteiger partial charge in [-0.25, -0.2) is 9.59 Å². The Hall–Kier alpha value is -2.04. The first-order chi connectivity index (χ1) is 10.1. The summed E-state index contributed by atoms with van der Waals surface area (Å²) < 4.78 is 0. The number of hydrogen-bond acceptors (Lipinski definition) is 2. The first-order valence-corrected chi connectivity index (χ1v) is 7.48. The lowest BCUT2D eigenvalue weighted by atomic mass is 9.95. The van der Waals surface area contributed by atoms with Crippen LogP contribution >= 0.6 is 0 Å². The lowest BCUT2D eigenvalue weighted by Gasteiger charge is -2.23. The minimum absolute atomic E-state index is 0.159. The number of carbonyl (C=O) groups is 2. The third-order valence-corrected chi connectivity index (χ3v) is 4.68. The van der Waals surface area contributed by atoms with Crippen LogP contribution in [0.2, 0.25) is 0 Å². The van der Waals surface area contributed by atoms with Gasteiger partial charge in [0, 0.05) is 12.6 Å². The number of benzene rings is 1. The van der Waals surface area contributed by atoms with Gasteiger partial charge in [-0.05, 0) is 48.8 Å². The second kappa shape index (κ2) is 5.76. The van der Waals surface area contributed by atoms with E-state index in [-0.39, 0.29) is 11.6 Å². The molecule has 0 aliphatic heterocycles. The predicted molar refractivity (Wildman–Crippen MR) is 78.0 cm³/mol. The molecular formula is C16H20N2O3. The van der Waals surface area contributed by atoms with E-state index >= 15 is 0 Å². The Balaban J connectivity index is 1.49. The van der Waals surface area contributed by atoms with Gasteiger partial charge < -0.3 is 15.7 Å². The molecule has 2 saturated carbocycles. The predicted octanol–water partition coefficient (Wildman–Crippen LogP) is 2.37. The Morgan fingerprint density at radius 1 is 1.24 bits per heavy atom. The molecule has 0 saturated heterocycles. The first-order valence-electron chi connectivity index (χ1n) is 7.48. The van der Waals surface area contributed by atoms with Crippen LogP contribution in [-0.4, -0.2) is 23.1 Å². The summed E-state index contributed by atoms with van der Waals surface area (Å²) in [7, 11) is 0. The molecule has 2 aliphatic carbocycles. The van der Waals surface area contributed by atoms with Gasteiger partial charge in [-0.1, -0.05) is 18.6 Å². The summed E-state index contributed by atoms with van der Waals surface area (Å²) in [6.07, 6.45) is 4.90. The Labute approximate surface area is 123 Å². The molecule has 2 amide bonds. The van der Waals surface area contributed by atoms with Crippen molar-refractivity contribution in [1.29, 1.82) is 0 Å². The number of aromatic carboxylic acids is 1. The number of urea groups is 1. The molecule has 3 rings (SSSR count). The smallest absolute Gasteiger partial charge is 0.335 e. The van der Waals surface area contributed by atoms with Crippen LogP contribution in [0.3, 0.4) is 0 Å². The fraction of sp³-hybridized carbons (Fsp3) is 0.500. The van der Waals surface area contributed by atoms with Gasteiger partial charge in [0.05, 0.1) is 5.56 Å². The van der Waals surface area contributed by atoms with E-state index in [9.17, 15) is 9.59 Å². The normalized spacial score (nSPS) is 26.6. The standard InChI is InChI=1S/C16H20N2O3/c19-15(20)13-3-1-2-11(7-13)9-17-16(21)18-14-8-10-4-5-12(14)6-10/h1-3,7,10,12,14H,4-6,8-9H2,(H,19,20)(H2,17,18,21). The van der Waals surface area contributed by atoms with Crippen molar-refractivity contribution >= 4 is 12.0 Å². The van der Waals surface area contributed by atoms with E-state index < -0.39 is 5.97 Å². The van der Waals surface area contributed by atoms with Crippen LogP contribution in [-0.2, 0) is 6.54 Å². The molecule has 112 valence electrons. The molecule has 0 radical (unpaired) electrons. The molecule has 5 nitrogen and oxygen atoms in total. The van der Waals surface area contributed by atoms with E-state index in [1.807, 2.05) is 6.07 Å². The van der Waals surface area contributed by atoms with Gasteiger partial charge in [-0.2, -0.15) is 0 Å². The number of carboxylic acid groups (broad SMARTS) is 1. The number of rotatable bonds is 4. The van der Waals surface area contributed by atoms with Crippen molar-refractivity contribution in [2.24, 2.45) is 11.8 Å². The summed E-state index contributed by atoms with van der Waals surface area (Å²) in [5.41, 5.74) is 1.03. The lowest BCUT2D eigenvalue weighted by Crippen LogP contribution is -2.44. The molecule has 5 heteroatoms. The summed E-state index contributed by atoms with van der Waals surface area (Å²) in [4.78, 5) is 22.8. The second-order valence-electron chi connectivity index (χ2n) is 6.11. The van der Waals surface area contributed by atoms with Crippen LogP contribution in [0.15, 0.2) is 24.3 Å². The molecule has 0 heterocycles. The topological polar surface area (TPSA) is 78.4 Å². The SMILES string of the molecule is O=C(NCc1cccc(C(=O)O)c1)NC1CC2CCC1C2. The van der Waals surface area contributed by atoms with Gasteiger partial charge in [-0.3, -0.25) is 0 Å². The van der Waals surface area contributed by atoms with Crippen molar-refractivity contribution in [2.45, 2.75) is 38.3 Å². The average molecular weight is 288 g/mol. The molecule has 2 aliphatic rings. The van der Waals surface area contributed by atoms with Gasteiger partial charge in [0.15, 0.2) is 0 Å². The van der Waals surface area contributed by atoms with Crippen molar-refractivity contribution in [3.05, 3.63) is 35.4 Å². The first kappa shape index (κ1) is 13.9. The molecule has 21 heavy (non-hydrogen) atoms. The highest BCUT2D eigenvalue weighted by Crippen LogP contribution is 2.44. The van der Waals surface area contributed by atoms with Crippen LogP contribution in [0.5, 0.6) is 0 Å². The molecule has 3 unspecified atom stereocenters. The number of hydrogen-bond donors (Lipinski definition) is 3. The summed E-state index contributed by atoms with van der Waals surface area (Å²) in [6.45, 7) is 0.341. The molecule has 2 fully saturated rings. The van der Waals surface area contributed by atoms with Crippen molar-refractivity contribution in [3.8, 4) is 0 Å². The molecule has 3 atom stereocenters. The van der Waals surface area contributed by atoms with E-state index in [0.29, 0.717) is 18.5 Å². The minimum Gasteiger partial charge on any atom is -0.478 e. The van der Waals surface area contributed by atoms with E-state index in [1.54, 1.807) is 18.2 Å². The van der Waals surface area contributed by atoms with Gasteiger partial charge >= 0.3 is 12.0 Å². The molecular weight excluding hydrogens is 268 g/mol. The van der Waals surface area contributed by atoms with E-state index in [2.05, 4.69) is 10.6 Å².